The molecular weight excluding hydrogens is 302 g/mol. The molecule has 1 unspecified atom stereocenters. The molecule has 0 radical (unpaired) electrons. The van der Waals surface area contributed by atoms with Crippen molar-refractivity contribution in [1.29, 1.82) is 0 Å². The highest BCUT2D eigenvalue weighted by atomic mass is 32.1. The number of rotatable bonds is 3. The Hall–Kier alpha value is -2.67. The minimum absolute atomic E-state index is 0.211. The summed E-state index contributed by atoms with van der Waals surface area (Å²) in [6.07, 6.45) is 0. The van der Waals surface area contributed by atoms with Gasteiger partial charge in [0.15, 0.2) is 0 Å². The molecule has 3 rings (SSSR count). The summed E-state index contributed by atoms with van der Waals surface area (Å²) < 4.78 is 0. The van der Waals surface area contributed by atoms with Crippen LogP contribution in [0.2, 0.25) is 0 Å². The zero-order chi connectivity index (χ0) is 15.7. The summed E-state index contributed by atoms with van der Waals surface area (Å²) >= 11 is 1.35. The number of hydrogen-bond acceptors (Lipinski definition) is 4. The molecule has 7 heteroatoms. The van der Waals surface area contributed by atoms with Crippen molar-refractivity contribution in [2.75, 3.05) is 5.32 Å². The lowest BCUT2D eigenvalue weighted by Crippen LogP contribution is -2.40. The Balaban J connectivity index is 1.86. The summed E-state index contributed by atoms with van der Waals surface area (Å²) in [5.74, 6) is -0.628. The Bertz CT molecular complexity index is 757. The van der Waals surface area contributed by atoms with Gasteiger partial charge in [0.05, 0.1) is 4.88 Å². The molecule has 6 nitrogen and oxygen atoms in total. The fraction of sp³-hybridized carbons (Fsp3) is 0.133. The highest BCUT2D eigenvalue weighted by Gasteiger charge is 2.43. The second-order valence-corrected chi connectivity index (χ2v) is 5.99. The molecular formula is C15H13N3O3S. The fourth-order valence-corrected chi connectivity index (χ4v) is 2.87. The number of anilines is 1. The minimum atomic E-state index is -1.14. The van der Waals surface area contributed by atoms with Gasteiger partial charge in [-0.15, -0.1) is 11.3 Å². The normalized spacial score (nSPS) is 20.4. The lowest BCUT2D eigenvalue weighted by Gasteiger charge is -2.21. The molecule has 2 heterocycles. The van der Waals surface area contributed by atoms with E-state index in [0.29, 0.717) is 16.1 Å². The van der Waals surface area contributed by atoms with Crippen molar-refractivity contribution in [1.82, 2.24) is 10.6 Å². The largest absolute Gasteiger partial charge is 0.322 e. The van der Waals surface area contributed by atoms with Crippen molar-refractivity contribution < 1.29 is 14.4 Å². The molecule has 1 aromatic carbocycles. The van der Waals surface area contributed by atoms with Gasteiger partial charge in [0.25, 0.3) is 11.8 Å². The Kier molecular flexibility index (Phi) is 3.42. The summed E-state index contributed by atoms with van der Waals surface area (Å²) in [5.41, 5.74) is 0.0201. The molecule has 22 heavy (non-hydrogen) atoms. The Morgan fingerprint density at radius 1 is 1.23 bits per heavy atom. The maximum Gasteiger partial charge on any atom is 0.322 e. The van der Waals surface area contributed by atoms with Crippen molar-refractivity contribution >= 4 is 34.9 Å². The Morgan fingerprint density at radius 2 is 2.05 bits per heavy atom. The van der Waals surface area contributed by atoms with Gasteiger partial charge < -0.3 is 10.6 Å². The van der Waals surface area contributed by atoms with E-state index in [0.717, 1.165) is 0 Å². The molecule has 112 valence electrons. The van der Waals surface area contributed by atoms with Gasteiger partial charge in [-0.25, -0.2) is 4.79 Å². The summed E-state index contributed by atoms with van der Waals surface area (Å²) in [6, 6.07) is 9.86. The smallest absolute Gasteiger partial charge is 0.321 e. The number of hydrogen-bond donors (Lipinski definition) is 3. The molecule has 1 aromatic heterocycles. The van der Waals surface area contributed by atoms with Gasteiger partial charge in [0.2, 0.25) is 0 Å². The number of urea groups is 1. The third-order valence-electron chi connectivity index (χ3n) is 3.49. The van der Waals surface area contributed by atoms with Gasteiger partial charge in [0, 0.05) is 5.69 Å². The zero-order valence-corrected chi connectivity index (χ0v) is 12.5. The van der Waals surface area contributed by atoms with Crippen LogP contribution < -0.4 is 16.0 Å². The molecule has 1 atom stereocenters. The van der Waals surface area contributed by atoms with Crippen molar-refractivity contribution in [3.8, 4) is 0 Å². The number of carbonyl (C=O) groups is 3. The predicted octanol–water partition coefficient (Wildman–Crippen LogP) is 2.05. The number of thiophene rings is 1. The van der Waals surface area contributed by atoms with Gasteiger partial charge in [-0.3, -0.25) is 14.9 Å². The van der Waals surface area contributed by atoms with Crippen molar-refractivity contribution in [3.05, 3.63) is 52.2 Å². The molecule has 1 fully saturated rings. The van der Waals surface area contributed by atoms with Gasteiger partial charge in [-0.1, -0.05) is 18.2 Å². The average molecular weight is 315 g/mol. The van der Waals surface area contributed by atoms with E-state index in [-0.39, 0.29) is 5.91 Å². The summed E-state index contributed by atoms with van der Waals surface area (Å²) in [4.78, 5) is 36.0. The second-order valence-electron chi connectivity index (χ2n) is 5.05. The van der Waals surface area contributed by atoms with Gasteiger partial charge in [0.1, 0.15) is 5.54 Å². The van der Waals surface area contributed by atoms with Crippen LogP contribution >= 0.6 is 11.3 Å². The van der Waals surface area contributed by atoms with Crippen LogP contribution in [0, 0.1) is 0 Å². The van der Waals surface area contributed by atoms with E-state index >= 15 is 0 Å². The van der Waals surface area contributed by atoms with E-state index < -0.39 is 17.5 Å². The van der Waals surface area contributed by atoms with Crippen LogP contribution in [0.4, 0.5) is 10.5 Å². The van der Waals surface area contributed by atoms with Crippen LogP contribution in [0.3, 0.4) is 0 Å². The van der Waals surface area contributed by atoms with E-state index in [1.807, 2.05) is 5.38 Å². The molecule has 0 aliphatic carbocycles. The quantitative estimate of drug-likeness (QED) is 0.758. The summed E-state index contributed by atoms with van der Waals surface area (Å²) in [5, 5.41) is 9.41. The third kappa shape index (κ3) is 2.46. The molecule has 0 saturated carbocycles. The maximum atomic E-state index is 12.1. The third-order valence-corrected chi connectivity index (χ3v) is 4.36. The van der Waals surface area contributed by atoms with Crippen LogP contribution in [-0.4, -0.2) is 17.8 Å². The molecule has 1 aliphatic heterocycles. The van der Waals surface area contributed by atoms with Crippen LogP contribution in [-0.2, 0) is 10.3 Å². The molecule has 0 spiro atoms. The topological polar surface area (TPSA) is 87.3 Å². The van der Waals surface area contributed by atoms with Crippen molar-refractivity contribution in [2.45, 2.75) is 12.5 Å². The number of nitrogens with one attached hydrogen (secondary N) is 3. The lowest BCUT2D eigenvalue weighted by atomic mass is 9.92. The molecule has 1 saturated heterocycles. The van der Waals surface area contributed by atoms with Gasteiger partial charge >= 0.3 is 6.03 Å². The SMILES string of the molecule is CC1(c2cccc(NC(=O)c3cccs3)c2)NC(=O)NC1=O. The number of benzene rings is 1. The molecule has 0 bridgehead atoms. The lowest BCUT2D eigenvalue weighted by molar-refractivity contribution is -0.123. The first kappa shape index (κ1) is 14.3. The van der Waals surface area contributed by atoms with Crippen molar-refractivity contribution in [3.63, 3.8) is 0 Å². The molecule has 2 aromatic rings. The van der Waals surface area contributed by atoms with Crippen molar-refractivity contribution in [2.24, 2.45) is 0 Å². The first-order chi connectivity index (χ1) is 10.5. The first-order valence-electron chi connectivity index (χ1n) is 6.58. The monoisotopic (exact) mass is 315 g/mol. The number of imide groups is 1. The first-order valence-corrected chi connectivity index (χ1v) is 7.46. The van der Waals surface area contributed by atoms with E-state index in [2.05, 4.69) is 16.0 Å². The fourth-order valence-electron chi connectivity index (χ4n) is 2.25. The van der Waals surface area contributed by atoms with Crippen LogP contribution in [0.25, 0.3) is 0 Å². The van der Waals surface area contributed by atoms with E-state index in [4.69, 9.17) is 0 Å². The Labute approximate surface area is 130 Å². The standard InChI is InChI=1S/C15H13N3O3S/c1-15(13(20)17-14(21)18-15)9-4-2-5-10(8-9)16-12(19)11-6-3-7-22-11/h2-8H,1H3,(H,16,19)(H2,17,18,20,21). The van der Waals surface area contributed by atoms with Crippen LogP contribution in [0.1, 0.15) is 22.2 Å². The molecule has 3 N–H and O–H groups in total. The van der Waals surface area contributed by atoms with Crippen LogP contribution in [0.5, 0.6) is 0 Å². The highest BCUT2D eigenvalue weighted by Crippen LogP contribution is 2.26. The van der Waals surface area contributed by atoms with E-state index in [1.54, 1.807) is 43.3 Å². The second kappa shape index (κ2) is 5.27. The number of amides is 4. The summed E-state index contributed by atoms with van der Waals surface area (Å²) in [6.45, 7) is 1.62. The zero-order valence-electron chi connectivity index (χ0n) is 11.7. The minimum Gasteiger partial charge on any atom is -0.321 e. The van der Waals surface area contributed by atoms with Gasteiger partial charge in [-0.2, -0.15) is 0 Å². The molecule has 1 aliphatic rings. The number of carbonyl (C=O) groups excluding carboxylic acids is 3. The summed E-state index contributed by atoms with van der Waals surface area (Å²) in [7, 11) is 0. The van der Waals surface area contributed by atoms with Crippen LogP contribution in [0.15, 0.2) is 41.8 Å². The van der Waals surface area contributed by atoms with E-state index in [1.165, 1.54) is 11.3 Å². The van der Waals surface area contributed by atoms with E-state index in [9.17, 15) is 14.4 Å². The maximum absolute atomic E-state index is 12.1. The highest BCUT2D eigenvalue weighted by molar-refractivity contribution is 7.12. The molecule has 4 amide bonds. The average Bonchev–Trinajstić information content (AvgIpc) is 3.09. The Morgan fingerprint density at radius 3 is 2.68 bits per heavy atom. The van der Waals surface area contributed by atoms with Gasteiger partial charge in [-0.05, 0) is 36.1 Å². The predicted molar refractivity (Wildman–Crippen MR) is 82.7 cm³/mol.